The van der Waals surface area contributed by atoms with E-state index in [0.29, 0.717) is 12.8 Å². The van der Waals surface area contributed by atoms with Crippen molar-refractivity contribution in [1.29, 1.82) is 0 Å². The Bertz CT molecular complexity index is 677. The van der Waals surface area contributed by atoms with Gasteiger partial charge in [-0.05, 0) is 51.4 Å². The third-order valence-electron chi connectivity index (χ3n) is 6.38. The van der Waals surface area contributed by atoms with Gasteiger partial charge in [-0.15, -0.1) is 0 Å². The van der Waals surface area contributed by atoms with Gasteiger partial charge in [-0.2, -0.15) is 0 Å². The number of rotatable bonds is 27. The van der Waals surface area contributed by atoms with Gasteiger partial charge in [-0.1, -0.05) is 120 Å². The highest BCUT2D eigenvalue weighted by Gasteiger charge is 2.15. The molecule has 0 spiro atoms. The van der Waals surface area contributed by atoms with Crippen LogP contribution in [0.15, 0.2) is 48.6 Å². The van der Waals surface area contributed by atoms with Crippen LogP contribution in [0.4, 0.5) is 0 Å². The van der Waals surface area contributed by atoms with Crippen LogP contribution in [0.2, 0.25) is 0 Å². The molecule has 0 aliphatic carbocycles. The van der Waals surface area contributed by atoms with Gasteiger partial charge in [0.2, 0.25) is 0 Å². The molecule has 0 heterocycles. The van der Waals surface area contributed by atoms with E-state index in [2.05, 4.69) is 62.5 Å². The van der Waals surface area contributed by atoms with Gasteiger partial charge in [0.15, 0.2) is 6.10 Å². The summed E-state index contributed by atoms with van der Waals surface area (Å²) in [5.41, 5.74) is 0. The average Bonchev–Trinajstić information content (AvgIpc) is 2.94. The molecule has 0 aliphatic rings. The van der Waals surface area contributed by atoms with E-state index in [1.807, 2.05) is 0 Å². The largest absolute Gasteiger partial charge is 0.462 e. The summed E-state index contributed by atoms with van der Waals surface area (Å²) in [7, 11) is 0. The van der Waals surface area contributed by atoms with E-state index in [1.165, 1.54) is 57.8 Å². The van der Waals surface area contributed by atoms with E-state index in [-0.39, 0.29) is 31.6 Å². The second-order valence-corrected chi connectivity index (χ2v) is 10.2. The summed E-state index contributed by atoms with van der Waals surface area (Å²) in [6, 6.07) is 0. The van der Waals surface area contributed by atoms with Crippen molar-refractivity contribution in [3.8, 4) is 0 Å². The second kappa shape index (κ2) is 30.4. The minimum atomic E-state index is -0.795. The average molecular weight is 547 g/mol. The van der Waals surface area contributed by atoms with E-state index in [9.17, 15) is 14.7 Å². The zero-order chi connectivity index (χ0) is 28.7. The van der Waals surface area contributed by atoms with Crippen molar-refractivity contribution in [3.63, 3.8) is 0 Å². The maximum atomic E-state index is 12.0. The van der Waals surface area contributed by atoms with Crippen molar-refractivity contribution in [1.82, 2.24) is 0 Å². The molecule has 0 aliphatic heterocycles. The lowest BCUT2D eigenvalue weighted by Crippen LogP contribution is -2.28. The van der Waals surface area contributed by atoms with Crippen molar-refractivity contribution in [2.24, 2.45) is 0 Å². The molecule has 0 rings (SSSR count). The van der Waals surface area contributed by atoms with Crippen LogP contribution in [-0.4, -0.2) is 36.4 Å². The highest BCUT2D eigenvalue weighted by molar-refractivity contribution is 5.70. The van der Waals surface area contributed by atoms with Crippen molar-refractivity contribution in [2.45, 2.75) is 142 Å². The Kier molecular flexibility index (Phi) is 28.7. The molecule has 0 fully saturated rings. The van der Waals surface area contributed by atoms with Gasteiger partial charge in [-0.3, -0.25) is 9.59 Å². The fourth-order valence-electron chi connectivity index (χ4n) is 3.96. The molecule has 5 nitrogen and oxygen atoms in total. The number of carbonyl (C=O) groups is 2. The predicted molar refractivity (Wildman–Crippen MR) is 164 cm³/mol. The zero-order valence-electron chi connectivity index (χ0n) is 25.1. The lowest BCUT2D eigenvalue weighted by Gasteiger charge is -2.15. The van der Waals surface area contributed by atoms with E-state index < -0.39 is 6.10 Å². The topological polar surface area (TPSA) is 72.8 Å². The third kappa shape index (κ3) is 28.7. The maximum absolute atomic E-state index is 12.0. The molecule has 0 saturated heterocycles. The van der Waals surface area contributed by atoms with Crippen LogP contribution in [0.1, 0.15) is 136 Å². The molecule has 39 heavy (non-hydrogen) atoms. The first-order valence-electron chi connectivity index (χ1n) is 15.7. The van der Waals surface area contributed by atoms with Crippen LogP contribution in [-0.2, 0) is 19.1 Å². The van der Waals surface area contributed by atoms with Crippen molar-refractivity contribution in [3.05, 3.63) is 48.6 Å². The fourth-order valence-corrected chi connectivity index (χ4v) is 3.96. The van der Waals surface area contributed by atoms with E-state index in [4.69, 9.17) is 9.47 Å². The number of ether oxygens (including phenoxy) is 2. The first kappa shape index (κ1) is 36.9. The number of allylic oxidation sites excluding steroid dienone is 8. The van der Waals surface area contributed by atoms with Gasteiger partial charge in [0.1, 0.15) is 6.61 Å². The number of esters is 2. The van der Waals surface area contributed by atoms with Crippen LogP contribution in [0.25, 0.3) is 0 Å². The summed E-state index contributed by atoms with van der Waals surface area (Å²) in [6.07, 6.45) is 36.0. The number of aliphatic hydroxyl groups excluding tert-OH is 1. The third-order valence-corrected chi connectivity index (χ3v) is 6.38. The van der Waals surface area contributed by atoms with Gasteiger partial charge in [0.05, 0.1) is 6.61 Å². The van der Waals surface area contributed by atoms with Crippen LogP contribution in [0, 0.1) is 0 Å². The van der Waals surface area contributed by atoms with Crippen molar-refractivity contribution in [2.75, 3.05) is 13.2 Å². The van der Waals surface area contributed by atoms with E-state index in [0.717, 1.165) is 44.9 Å². The molecular weight excluding hydrogens is 488 g/mol. The summed E-state index contributed by atoms with van der Waals surface area (Å²) in [4.78, 5) is 23.9. The zero-order valence-corrected chi connectivity index (χ0v) is 25.1. The predicted octanol–water partition coefficient (Wildman–Crippen LogP) is 9.11. The Hall–Kier alpha value is -2.14. The normalized spacial score (nSPS) is 12.8. The molecule has 0 aromatic heterocycles. The minimum absolute atomic E-state index is 0.0880. The maximum Gasteiger partial charge on any atom is 0.306 e. The summed E-state index contributed by atoms with van der Waals surface area (Å²) in [5, 5.41) is 9.45. The monoisotopic (exact) mass is 546 g/mol. The number of hydrogen-bond acceptors (Lipinski definition) is 5. The molecule has 0 aromatic rings. The molecule has 0 amide bonds. The molecule has 0 unspecified atom stereocenters. The molecule has 1 atom stereocenters. The van der Waals surface area contributed by atoms with Crippen LogP contribution >= 0.6 is 0 Å². The Labute approximate surface area is 239 Å². The van der Waals surface area contributed by atoms with Gasteiger partial charge < -0.3 is 14.6 Å². The highest BCUT2D eigenvalue weighted by atomic mass is 16.6. The fraction of sp³-hybridized carbons (Fsp3) is 0.706. The molecule has 0 bridgehead atoms. The summed E-state index contributed by atoms with van der Waals surface area (Å²) in [6.45, 7) is 4.00. The molecule has 0 radical (unpaired) electrons. The summed E-state index contributed by atoms with van der Waals surface area (Å²) >= 11 is 0. The first-order valence-corrected chi connectivity index (χ1v) is 15.7. The van der Waals surface area contributed by atoms with E-state index in [1.54, 1.807) is 0 Å². The van der Waals surface area contributed by atoms with Gasteiger partial charge in [0.25, 0.3) is 0 Å². The number of hydrogen-bond donors (Lipinski definition) is 1. The first-order chi connectivity index (χ1) is 19.1. The van der Waals surface area contributed by atoms with Gasteiger partial charge >= 0.3 is 11.9 Å². The van der Waals surface area contributed by atoms with Gasteiger partial charge in [-0.25, -0.2) is 0 Å². The Morgan fingerprint density at radius 2 is 1.05 bits per heavy atom. The van der Waals surface area contributed by atoms with Crippen LogP contribution < -0.4 is 0 Å². The Balaban J connectivity index is 3.74. The smallest absolute Gasteiger partial charge is 0.306 e. The molecular formula is C34H58O5. The summed E-state index contributed by atoms with van der Waals surface area (Å²) in [5.74, 6) is -0.667. The molecule has 0 aromatic carbocycles. The molecule has 5 heteroatoms. The van der Waals surface area contributed by atoms with E-state index >= 15 is 0 Å². The molecule has 0 saturated carbocycles. The quantitative estimate of drug-likeness (QED) is 0.0632. The standard InChI is InChI=1S/C34H58O5/c1-3-5-7-9-11-13-14-15-16-17-18-19-20-21-23-25-27-29-34(37)39-32(30-35)31-38-33(36)28-26-24-22-12-10-8-6-4-2/h11,13,15-16,18-19,21,23,32,35H,3-10,12,14,17,20,22,24-31H2,1-2H3/b13-11+,16-15+,19-18+,23-21+/t32-/m0/s1. The highest BCUT2D eigenvalue weighted by Crippen LogP contribution is 2.10. The van der Waals surface area contributed by atoms with Gasteiger partial charge in [0, 0.05) is 12.8 Å². The Morgan fingerprint density at radius 3 is 1.62 bits per heavy atom. The molecule has 224 valence electrons. The summed E-state index contributed by atoms with van der Waals surface area (Å²) < 4.78 is 10.4. The lowest BCUT2D eigenvalue weighted by atomic mass is 10.1. The van der Waals surface area contributed by atoms with Crippen LogP contribution in [0.5, 0.6) is 0 Å². The SMILES string of the molecule is CCCCC/C=C/C/C=C/C/C=C/C/C=C/CCCC(=O)O[C@@H](CO)COC(=O)CCCCCCCCCC. The number of aliphatic hydroxyl groups is 1. The van der Waals surface area contributed by atoms with Crippen molar-refractivity contribution < 1.29 is 24.2 Å². The lowest BCUT2D eigenvalue weighted by molar-refractivity contribution is -0.161. The van der Waals surface area contributed by atoms with Crippen molar-refractivity contribution >= 4 is 11.9 Å². The van der Waals surface area contributed by atoms with Crippen LogP contribution in [0.3, 0.4) is 0 Å². The second-order valence-electron chi connectivity index (χ2n) is 10.2. The number of carbonyl (C=O) groups excluding carboxylic acids is 2. The number of unbranched alkanes of at least 4 members (excludes halogenated alkanes) is 11. The molecule has 1 N–H and O–H groups in total. The minimum Gasteiger partial charge on any atom is -0.462 e. The Morgan fingerprint density at radius 1 is 0.590 bits per heavy atom.